The fraction of sp³-hybridized carbons (Fsp3) is 0.571. The van der Waals surface area contributed by atoms with Crippen molar-refractivity contribution in [2.24, 2.45) is 5.92 Å². The third-order valence-corrected chi connectivity index (χ3v) is 6.96. The van der Waals surface area contributed by atoms with Crippen LogP contribution in [0.5, 0.6) is 0 Å². The maximum absolute atomic E-state index is 12.7. The number of halogens is 2. The Morgan fingerprint density at radius 1 is 1.15 bits per heavy atom. The van der Waals surface area contributed by atoms with E-state index in [0.717, 1.165) is 25.7 Å². The minimum atomic E-state index is -3.59. The van der Waals surface area contributed by atoms with E-state index in [4.69, 9.17) is 23.2 Å². The maximum Gasteiger partial charge on any atom is 0.244 e. The molecule has 1 saturated carbocycles. The molecule has 20 heavy (non-hydrogen) atoms. The molecule has 2 rings (SSSR count). The molecular formula is C14H19Cl2NO2S. The molecule has 1 aliphatic carbocycles. The van der Waals surface area contributed by atoms with Crippen molar-refractivity contribution in [2.75, 3.05) is 7.05 Å². The fourth-order valence-corrected chi connectivity index (χ4v) is 4.79. The standard InChI is InChI=1S/C14H19Cl2NO2S/c1-10-6-8-11(9-7-10)17(2)20(18,19)13-5-3-4-12(15)14(13)16/h3-5,10-11H,6-9H2,1-2H3. The summed E-state index contributed by atoms with van der Waals surface area (Å²) in [7, 11) is -1.96. The minimum Gasteiger partial charge on any atom is -0.207 e. The van der Waals surface area contributed by atoms with Gasteiger partial charge in [-0.2, -0.15) is 4.31 Å². The van der Waals surface area contributed by atoms with Crippen LogP contribution in [0.15, 0.2) is 23.1 Å². The van der Waals surface area contributed by atoms with Crippen molar-refractivity contribution in [1.29, 1.82) is 0 Å². The van der Waals surface area contributed by atoms with Gasteiger partial charge in [0.2, 0.25) is 10.0 Å². The van der Waals surface area contributed by atoms with Gasteiger partial charge in [0.25, 0.3) is 0 Å². The Kier molecular flexibility index (Phi) is 5.00. The van der Waals surface area contributed by atoms with Gasteiger partial charge in [0.15, 0.2) is 0 Å². The van der Waals surface area contributed by atoms with E-state index >= 15 is 0 Å². The number of nitrogens with zero attached hydrogens (tertiary/aromatic N) is 1. The summed E-state index contributed by atoms with van der Waals surface area (Å²) in [5.41, 5.74) is 0. The van der Waals surface area contributed by atoms with Crippen molar-refractivity contribution in [3.8, 4) is 0 Å². The van der Waals surface area contributed by atoms with Crippen LogP contribution in [0, 0.1) is 5.92 Å². The van der Waals surface area contributed by atoms with Crippen LogP contribution in [0.4, 0.5) is 0 Å². The van der Waals surface area contributed by atoms with Crippen LogP contribution in [0.2, 0.25) is 10.0 Å². The summed E-state index contributed by atoms with van der Waals surface area (Å²) in [6.07, 6.45) is 3.92. The average Bonchev–Trinajstić information content (AvgIpc) is 2.41. The third kappa shape index (κ3) is 3.14. The molecule has 0 aromatic heterocycles. The van der Waals surface area contributed by atoms with E-state index in [1.165, 1.54) is 10.4 Å². The zero-order valence-electron chi connectivity index (χ0n) is 11.6. The molecule has 1 aromatic rings. The lowest BCUT2D eigenvalue weighted by atomic mass is 9.87. The van der Waals surface area contributed by atoms with Gasteiger partial charge in [-0.1, -0.05) is 36.2 Å². The first-order valence-corrected chi connectivity index (χ1v) is 8.95. The van der Waals surface area contributed by atoms with Crippen LogP contribution < -0.4 is 0 Å². The quantitative estimate of drug-likeness (QED) is 0.830. The highest BCUT2D eigenvalue weighted by atomic mass is 35.5. The molecular weight excluding hydrogens is 317 g/mol. The first kappa shape index (κ1) is 16.1. The van der Waals surface area contributed by atoms with Crippen molar-refractivity contribution in [3.05, 3.63) is 28.2 Å². The summed E-state index contributed by atoms with van der Waals surface area (Å²) >= 11 is 12.0. The second kappa shape index (κ2) is 6.22. The van der Waals surface area contributed by atoms with Crippen LogP contribution in [-0.2, 0) is 10.0 Å². The topological polar surface area (TPSA) is 37.4 Å². The summed E-state index contributed by atoms with van der Waals surface area (Å²) in [6, 6.07) is 4.75. The van der Waals surface area contributed by atoms with Gasteiger partial charge >= 0.3 is 0 Å². The van der Waals surface area contributed by atoms with E-state index in [1.54, 1.807) is 19.2 Å². The second-order valence-corrected chi connectivity index (χ2v) is 8.24. The summed E-state index contributed by atoms with van der Waals surface area (Å²) in [6.45, 7) is 2.21. The zero-order valence-corrected chi connectivity index (χ0v) is 14.0. The number of hydrogen-bond acceptors (Lipinski definition) is 2. The van der Waals surface area contributed by atoms with Crippen molar-refractivity contribution in [2.45, 2.75) is 43.5 Å². The van der Waals surface area contributed by atoms with E-state index in [9.17, 15) is 8.42 Å². The monoisotopic (exact) mass is 335 g/mol. The van der Waals surface area contributed by atoms with E-state index in [0.29, 0.717) is 5.92 Å². The molecule has 112 valence electrons. The Morgan fingerprint density at radius 3 is 2.35 bits per heavy atom. The van der Waals surface area contributed by atoms with Crippen molar-refractivity contribution in [3.63, 3.8) is 0 Å². The lowest BCUT2D eigenvalue weighted by molar-refractivity contribution is 0.246. The maximum atomic E-state index is 12.7. The van der Waals surface area contributed by atoms with Gasteiger partial charge in [0, 0.05) is 13.1 Å². The molecule has 0 aliphatic heterocycles. The molecule has 0 atom stereocenters. The molecule has 1 aliphatic rings. The number of sulfonamides is 1. The predicted octanol–water partition coefficient (Wildman–Crippen LogP) is 4.19. The molecule has 0 N–H and O–H groups in total. The van der Waals surface area contributed by atoms with Gasteiger partial charge in [-0.25, -0.2) is 8.42 Å². The molecule has 3 nitrogen and oxygen atoms in total. The number of benzene rings is 1. The SMILES string of the molecule is CC1CCC(N(C)S(=O)(=O)c2cccc(Cl)c2Cl)CC1. The van der Waals surface area contributed by atoms with Gasteiger partial charge in [-0.15, -0.1) is 0 Å². The van der Waals surface area contributed by atoms with E-state index < -0.39 is 10.0 Å². The molecule has 0 amide bonds. The predicted molar refractivity (Wildman–Crippen MR) is 82.8 cm³/mol. The normalized spacial score (nSPS) is 24.1. The molecule has 1 fully saturated rings. The second-order valence-electron chi connectivity index (χ2n) is 5.49. The van der Waals surface area contributed by atoms with Crippen LogP contribution >= 0.6 is 23.2 Å². The van der Waals surface area contributed by atoms with Crippen LogP contribution in [0.3, 0.4) is 0 Å². The largest absolute Gasteiger partial charge is 0.244 e. The van der Waals surface area contributed by atoms with Crippen LogP contribution in [0.1, 0.15) is 32.6 Å². The summed E-state index contributed by atoms with van der Waals surface area (Å²) < 4.78 is 26.8. The highest BCUT2D eigenvalue weighted by Gasteiger charge is 2.32. The summed E-state index contributed by atoms with van der Waals surface area (Å²) in [4.78, 5) is 0.0905. The van der Waals surface area contributed by atoms with Crippen LogP contribution in [-0.4, -0.2) is 25.8 Å². The molecule has 0 bridgehead atoms. The van der Waals surface area contributed by atoms with Crippen molar-refractivity contribution < 1.29 is 8.42 Å². The zero-order chi connectivity index (χ0) is 14.9. The third-order valence-electron chi connectivity index (χ3n) is 4.07. The van der Waals surface area contributed by atoms with Crippen molar-refractivity contribution in [1.82, 2.24) is 4.31 Å². The van der Waals surface area contributed by atoms with Gasteiger partial charge in [-0.05, 0) is 43.7 Å². The lowest BCUT2D eigenvalue weighted by Crippen LogP contribution is -2.39. The van der Waals surface area contributed by atoms with Gasteiger partial charge < -0.3 is 0 Å². The van der Waals surface area contributed by atoms with E-state index in [2.05, 4.69) is 6.92 Å². The molecule has 0 heterocycles. The Labute approximate surface area is 130 Å². The van der Waals surface area contributed by atoms with Crippen molar-refractivity contribution >= 4 is 33.2 Å². The highest BCUT2D eigenvalue weighted by Crippen LogP contribution is 2.34. The molecule has 1 aromatic carbocycles. The highest BCUT2D eigenvalue weighted by molar-refractivity contribution is 7.89. The van der Waals surface area contributed by atoms with E-state index in [-0.39, 0.29) is 21.0 Å². The van der Waals surface area contributed by atoms with Gasteiger partial charge in [-0.3, -0.25) is 0 Å². The summed E-state index contributed by atoms with van der Waals surface area (Å²) in [5, 5.41) is 0.364. The fourth-order valence-electron chi connectivity index (χ4n) is 2.64. The molecule has 0 spiro atoms. The Hall–Kier alpha value is -0.290. The summed E-state index contributed by atoms with van der Waals surface area (Å²) in [5.74, 6) is 0.678. The van der Waals surface area contributed by atoms with Gasteiger partial charge in [0.1, 0.15) is 4.90 Å². The minimum absolute atomic E-state index is 0.0475. The molecule has 6 heteroatoms. The first-order valence-electron chi connectivity index (χ1n) is 6.76. The number of hydrogen-bond donors (Lipinski definition) is 0. The molecule has 0 unspecified atom stereocenters. The Balaban J connectivity index is 2.28. The van der Waals surface area contributed by atoms with E-state index in [1.807, 2.05) is 0 Å². The number of rotatable bonds is 3. The molecule has 0 radical (unpaired) electrons. The van der Waals surface area contributed by atoms with Gasteiger partial charge in [0.05, 0.1) is 10.0 Å². The average molecular weight is 336 g/mol. The Bertz CT molecular complexity index is 581. The first-order chi connectivity index (χ1) is 9.34. The lowest BCUT2D eigenvalue weighted by Gasteiger charge is -2.33. The van der Waals surface area contributed by atoms with Crippen LogP contribution in [0.25, 0.3) is 0 Å². The smallest absolute Gasteiger partial charge is 0.207 e. The Morgan fingerprint density at radius 2 is 1.75 bits per heavy atom. The molecule has 0 saturated heterocycles.